The van der Waals surface area contributed by atoms with Gasteiger partial charge in [-0.3, -0.25) is 9.69 Å². The summed E-state index contributed by atoms with van der Waals surface area (Å²) in [6.45, 7) is 7.52. The van der Waals surface area contributed by atoms with Gasteiger partial charge in [-0.2, -0.15) is 0 Å². The minimum absolute atomic E-state index is 0.239. The maximum absolute atomic E-state index is 11.8. The van der Waals surface area contributed by atoms with E-state index >= 15 is 0 Å². The van der Waals surface area contributed by atoms with Crippen molar-refractivity contribution in [3.63, 3.8) is 0 Å². The Hall–Kier alpha value is -0.610. The first kappa shape index (κ1) is 14.8. The Morgan fingerprint density at radius 1 is 1.32 bits per heavy atom. The largest absolute Gasteiger partial charge is 0.353 e. The third-order valence-corrected chi connectivity index (χ3v) is 4.34. The molecule has 0 radical (unpaired) electrons. The van der Waals surface area contributed by atoms with Crippen LogP contribution in [0.3, 0.4) is 0 Å². The van der Waals surface area contributed by atoms with Gasteiger partial charge in [-0.15, -0.1) is 0 Å². The number of hydrogen-bond acceptors (Lipinski definition) is 3. The lowest BCUT2D eigenvalue weighted by atomic mass is 9.96. The second-order valence-electron chi connectivity index (χ2n) is 6.04. The summed E-state index contributed by atoms with van der Waals surface area (Å²) in [5.74, 6) is 0.239. The van der Waals surface area contributed by atoms with Crippen LogP contribution in [0.4, 0.5) is 0 Å². The van der Waals surface area contributed by atoms with Gasteiger partial charge in [0.2, 0.25) is 5.91 Å². The van der Waals surface area contributed by atoms with Crippen LogP contribution >= 0.6 is 0 Å². The van der Waals surface area contributed by atoms with Gasteiger partial charge in [0.25, 0.3) is 0 Å². The van der Waals surface area contributed by atoms with Gasteiger partial charge in [0.15, 0.2) is 0 Å². The zero-order chi connectivity index (χ0) is 13.7. The molecule has 1 amide bonds. The summed E-state index contributed by atoms with van der Waals surface area (Å²) < 4.78 is 0. The van der Waals surface area contributed by atoms with E-state index < -0.39 is 0 Å². The molecule has 0 aromatic rings. The first-order valence-corrected chi connectivity index (χ1v) is 7.97. The molecule has 1 saturated heterocycles. The molecule has 4 nitrogen and oxygen atoms in total. The lowest BCUT2D eigenvalue weighted by Gasteiger charge is -2.39. The number of rotatable bonds is 7. The second kappa shape index (κ2) is 7.25. The lowest BCUT2D eigenvalue weighted by Crippen LogP contribution is -2.51. The van der Waals surface area contributed by atoms with Gasteiger partial charge in [0.1, 0.15) is 0 Å². The van der Waals surface area contributed by atoms with E-state index in [1.165, 1.54) is 32.1 Å². The van der Waals surface area contributed by atoms with Crippen molar-refractivity contribution in [2.75, 3.05) is 19.6 Å². The van der Waals surface area contributed by atoms with E-state index in [0.717, 1.165) is 19.6 Å². The van der Waals surface area contributed by atoms with Gasteiger partial charge in [0.05, 0.1) is 0 Å². The van der Waals surface area contributed by atoms with Crippen molar-refractivity contribution in [1.29, 1.82) is 0 Å². The van der Waals surface area contributed by atoms with E-state index in [9.17, 15) is 4.79 Å². The number of amides is 1. The van der Waals surface area contributed by atoms with Gasteiger partial charge in [-0.25, -0.2) is 0 Å². The summed E-state index contributed by atoms with van der Waals surface area (Å²) in [4.78, 5) is 14.3. The van der Waals surface area contributed by atoms with E-state index in [-0.39, 0.29) is 5.91 Å². The van der Waals surface area contributed by atoms with Crippen molar-refractivity contribution in [3.05, 3.63) is 0 Å². The summed E-state index contributed by atoms with van der Waals surface area (Å²) in [7, 11) is 0. The van der Waals surface area contributed by atoms with Crippen LogP contribution in [0.25, 0.3) is 0 Å². The highest BCUT2D eigenvalue weighted by molar-refractivity contribution is 5.76. The molecule has 2 fully saturated rings. The van der Waals surface area contributed by atoms with Crippen LogP contribution in [-0.2, 0) is 4.79 Å². The highest BCUT2D eigenvalue weighted by Gasteiger charge is 2.28. The maximum Gasteiger partial charge on any atom is 0.221 e. The Morgan fingerprint density at radius 3 is 2.79 bits per heavy atom. The fourth-order valence-corrected chi connectivity index (χ4v) is 3.09. The third-order valence-electron chi connectivity index (χ3n) is 4.34. The molecule has 2 rings (SSSR count). The summed E-state index contributed by atoms with van der Waals surface area (Å²) in [5, 5.41) is 6.61. The van der Waals surface area contributed by atoms with Crippen molar-refractivity contribution < 1.29 is 4.79 Å². The molecule has 0 bridgehead atoms. The first-order chi connectivity index (χ1) is 9.20. The van der Waals surface area contributed by atoms with Crippen LogP contribution in [-0.4, -0.2) is 48.6 Å². The minimum Gasteiger partial charge on any atom is -0.353 e. The predicted molar refractivity (Wildman–Crippen MR) is 78.1 cm³/mol. The molecule has 0 spiro atoms. The number of nitrogens with zero attached hydrogens (tertiary/aromatic N) is 1. The molecule has 1 heterocycles. The van der Waals surface area contributed by atoms with Gasteiger partial charge >= 0.3 is 0 Å². The molecule has 4 heteroatoms. The molecule has 0 aromatic carbocycles. The maximum atomic E-state index is 11.8. The Bertz CT molecular complexity index is 291. The fourth-order valence-electron chi connectivity index (χ4n) is 3.09. The van der Waals surface area contributed by atoms with E-state index in [0.29, 0.717) is 24.5 Å². The smallest absolute Gasteiger partial charge is 0.221 e. The molecule has 110 valence electrons. The Labute approximate surface area is 117 Å². The number of likely N-dealkylation sites (tertiary alicyclic amines) is 1. The molecule has 0 aromatic heterocycles. The van der Waals surface area contributed by atoms with E-state index in [1.807, 2.05) is 0 Å². The van der Waals surface area contributed by atoms with Gasteiger partial charge in [-0.1, -0.05) is 13.3 Å². The Morgan fingerprint density at radius 2 is 2.11 bits per heavy atom. The van der Waals surface area contributed by atoms with E-state index in [1.54, 1.807) is 0 Å². The number of carbonyl (C=O) groups is 1. The third kappa shape index (κ3) is 4.77. The zero-order valence-corrected chi connectivity index (χ0v) is 12.5. The molecular weight excluding hydrogens is 238 g/mol. The second-order valence-corrected chi connectivity index (χ2v) is 6.04. The number of nitrogens with one attached hydrogen (secondary N) is 2. The van der Waals surface area contributed by atoms with Crippen molar-refractivity contribution in [2.45, 2.75) is 70.5 Å². The van der Waals surface area contributed by atoms with Crippen molar-refractivity contribution in [3.8, 4) is 0 Å². The molecule has 19 heavy (non-hydrogen) atoms. The minimum atomic E-state index is 0.239. The van der Waals surface area contributed by atoms with Crippen molar-refractivity contribution in [1.82, 2.24) is 15.5 Å². The number of hydrogen-bond donors (Lipinski definition) is 2. The normalized spacial score (nSPS) is 26.1. The highest BCUT2D eigenvalue weighted by atomic mass is 16.1. The Kier molecular flexibility index (Phi) is 5.64. The number of likely N-dealkylation sites (N-methyl/N-ethyl adjacent to an activating group) is 1. The first-order valence-electron chi connectivity index (χ1n) is 7.97. The molecule has 1 aliphatic heterocycles. The SMILES string of the molecule is CCNC(C)C1CCCCN1CCC(=O)NC1CC1. The molecule has 2 N–H and O–H groups in total. The van der Waals surface area contributed by atoms with Gasteiger partial charge in [-0.05, 0) is 45.7 Å². The van der Waals surface area contributed by atoms with Crippen molar-refractivity contribution in [2.24, 2.45) is 0 Å². The fraction of sp³-hybridized carbons (Fsp3) is 0.933. The highest BCUT2D eigenvalue weighted by Crippen LogP contribution is 2.21. The van der Waals surface area contributed by atoms with Crippen LogP contribution in [0.5, 0.6) is 0 Å². The number of carbonyl (C=O) groups excluding carboxylic acids is 1. The van der Waals surface area contributed by atoms with Crippen molar-refractivity contribution >= 4 is 5.91 Å². The monoisotopic (exact) mass is 267 g/mol. The van der Waals surface area contributed by atoms with Crippen LogP contribution in [0.1, 0.15) is 52.4 Å². The quantitative estimate of drug-likeness (QED) is 0.735. The average Bonchev–Trinajstić information content (AvgIpc) is 3.21. The predicted octanol–water partition coefficient (Wildman–Crippen LogP) is 1.51. The summed E-state index contributed by atoms with van der Waals surface area (Å²) >= 11 is 0. The number of piperidine rings is 1. The van der Waals surface area contributed by atoms with Crippen LogP contribution in [0, 0.1) is 0 Å². The van der Waals surface area contributed by atoms with Crippen LogP contribution in [0.2, 0.25) is 0 Å². The molecule has 1 saturated carbocycles. The van der Waals surface area contributed by atoms with E-state index in [4.69, 9.17) is 0 Å². The lowest BCUT2D eigenvalue weighted by molar-refractivity contribution is -0.121. The van der Waals surface area contributed by atoms with Crippen LogP contribution < -0.4 is 10.6 Å². The molecule has 2 aliphatic rings. The molecule has 1 aliphatic carbocycles. The van der Waals surface area contributed by atoms with Crippen LogP contribution in [0.15, 0.2) is 0 Å². The average molecular weight is 267 g/mol. The van der Waals surface area contributed by atoms with Gasteiger partial charge in [0, 0.05) is 31.1 Å². The molecule has 2 unspecified atom stereocenters. The van der Waals surface area contributed by atoms with E-state index in [2.05, 4.69) is 29.4 Å². The topological polar surface area (TPSA) is 44.4 Å². The standard InChI is InChI=1S/C15H29N3O/c1-3-16-12(2)14-6-4-5-10-18(14)11-9-15(19)17-13-7-8-13/h12-14,16H,3-11H2,1-2H3,(H,17,19). The Balaban J connectivity index is 1.75. The zero-order valence-electron chi connectivity index (χ0n) is 12.5. The van der Waals surface area contributed by atoms with Gasteiger partial charge < -0.3 is 10.6 Å². The molecular formula is C15H29N3O. The summed E-state index contributed by atoms with van der Waals surface area (Å²) in [6.07, 6.45) is 6.88. The molecule has 2 atom stereocenters. The summed E-state index contributed by atoms with van der Waals surface area (Å²) in [6, 6.07) is 1.62. The summed E-state index contributed by atoms with van der Waals surface area (Å²) in [5.41, 5.74) is 0.